The van der Waals surface area contributed by atoms with E-state index in [0.717, 1.165) is 29.3 Å². The second-order valence-corrected chi connectivity index (χ2v) is 13.4. The van der Waals surface area contributed by atoms with Gasteiger partial charge in [-0.3, -0.25) is 0 Å². The van der Waals surface area contributed by atoms with Crippen molar-refractivity contribution in [2.75, 3.05) is 14.1 Å². The van der Waals surface area contributed by atoms with E-state index in [9.17, 15) is 4.79 Å². The zero-order valence-electron chi connectivity index (χ0n) is 20.9. The van der Waals surface area contributed by atoms with Crippen molar-refractivity contribution in [1.82, 2.24) is 0 Å². The van der Waals surface area contributed by atoms with E-state index in [1.165, 1.54) is 41.3 Å². The van der Waals surface area contributed by atoms with Crippen LogP contribution in [0.1, 0.15) is 53.6 Å². The van der Waals surface area contributed by atoms with Crippen LogP contribution in [0.4, 0.5) is 0 Å². The first-order valence-electron chi connectivity index (χ1n) is 12.8. The fourth-order valence-corrected chi connectivity index (χ4v) is 9.68. The van der Waals surface area contributed by atoms with E-state index in [0.29, 0.717) is 10.5 Å². The molecule has 2 aliphatic heterocycles. The second-order valence-electron chi connectivity index (χ2n) is 10.9. The topological polar surface area (TPSA) is 17.1 Å². The minimum Gasteiger partial charge on any atom is -1.00 e. The maximum Gasteiger partial charge on any atom is -1.00 e. The summed E-state index contributed by atoms with van der Waals surface area (Å²) in [6.07, 6.45) is 6.53. The summed E-state index contributed by atoms with van der Waals surface area (Å²) in [7, 11) is 4.90. The molecule has 0 radical (unpaired) electrons. The smallest absolute Gasteiger partial charge is 1.00 e. The van der Waals surface area contributed by atoms with Gasteiger partial charge in [-0.1, -0.05) is 0 Å². The Bertz CT molecular complexity index is 1050. The van der Waals surface area contributed by atoms with Crippen molar-refractivity contribution in [3.8, 4) is 0 Å². The molecular formula is C31H37AsBrNO. The number of nitrogens with zero attached hydrogens (tertiary/aromatic N) is 1. The van der Waals surface area contributed by atoms with Gasteiger partial charge in [0, 0.05) is 0 Å². The number of quaternary nitrogens is 1. The Morgan fingerprint density at radius 3 is 1.74 bits per heavy atom. The molecule has 2 aliphatic rings. The molecule has 0 N–H and O–H groups in total. The number of piperidine rings is 1. The van der Waals surface area contributed by atoms with E-state index in [1.54, 1.807) is 0 Å². The molecule has 0 aliphatic carbocycles. The number of halogens is 1. The largest absolute Gasteiger partial charge is 1.00 e. The molecule has 2 bridgehead atoms. The van der Waals surface area contributed by atoms with Crippen molar-refractivity contribution in [3.05, 3.63) is 108 Å². The van der Waals surface area contributed by atoms with Crippen LogP contribution in [-0.2, 0) is 5.41 Å². The second kappa shape index (κ2) is 11.2. The molecule has 184 valence electrons. The van der Waals surface area contributed by atoms with Crippen molar-refractivity contribution in [2.24, 2.45) is 5.92 Å². The minimum absolute atomic E-state index is 0. The third-order valence-corrected chi connectivity index (χ3v) is 11.7. The van der Waals surface area contributed by atoms with Gasteiger partial charge in [0.15, 0.2) is 0 Å². The Kier molecular flexibility index (Phi) is 8.41. The molecule has 0 saturated carbocycles. The van der Waals surface area contributed by atoms with Crippen molar-refractivity contribution < 1.29 is 26.3 Å². The van der Waals surface area contributed by atoms with Crippen LogP contribution < -0.4 is 17.0 Å². The van der Waals surface area contributed by atoms with Gasteiger partial charge in [-0.05, 0) is 0 Å². The standard InChI is InChI=1S/C31H37AsNO.BrH/c1-33(2)28-18-19-29(33)21-24(20-28)22-31(26-14-8-4-9-15-26,27-16-10-5-11-17-27)23-32-30(34)25-12-6-3-7-13-25;/h3-17,24,28-29,32H,18-23H2,1-2H3;1H/q+1;/p-1. The van der Waals surface area contributed by atoms with E-state index < -0.39 is 15.8 Å². The van der Waals surface area contributed by atoms with Crippen LogP contribution in [0, 0.1) is 5.92 Å². The van der Waals surface area contributed by atoms with Crippen LogP contribution in [0.2, 0.25) is 5.21 Å². The number of fused-ring (bicyclic) bond motifs is 2. The maximum atomic E-state index is 13.3. The van der Waals surface area contributed by atoms with Crippen molar-refractivity contribution >= 4 is 20.3 Å². The molecule has 3 aromatic rings. The SMILES string of the molecule is C[N+]1(C)C2CCC1CC(CC(C[AsH]C(=O)c1ccccc1)(c1ccccc1)c1ccccc1)C2.[Br-]. The summed E-state index contributed by atoms with van der Waals surface area (Å²) in [4.78, 5) is 13.3. The summed E-state index contributed by atoms with van der Waals surface area (Å²) in [5.41, 5.74) is 3.56. The van der Waals surface area contributed by atoms with Crippen LogP contribution in [0.5, 0.6) is 0 Å². The fraction of sp³-hybridized carbons (Fsp3) is 0.387. The molecule has 3 unspecified atom stereocenters. The third-order valence-electron chi connectivity index (χ3n) is 8.80. The van der Waals surface area contributed by atoms with Gasteiger partial charge in [-0.2, -0.15) is 0 Å². The minimum atomic E-state index is -0.822. The zero-order chi connectivity index (χ0) is 23.6. The van der Waals surface area contributed by atoms with Crippen molar-refractivity contribution in [1.29, 1.82) is 0 Å². The molecule has 3 aromatic carbocycles. The van der Waals surface area contributed by atoms with Gasteiger partial charge in [-0.25, -0.2) is 0 Å². The fourth-order valence-electron chi connectivity index (χ4n) is 6.77. The monoisotopic (exact) mass is 593 g/mol. The van der Waals surface area contributed by atoms with Crippen molar-refractivity contribution in [2.45, 2.75) is 54.8 Å². The van der Waals surface area contributed by atoms with Gasteiger partial charge in [-0.15, -0.1) is 0 Å². The first-order chi connectivity index (χ1) is 16.5. The molecule has 2 fully saturated rings. The number of benzene rings is 3. The molecule has 2 saturated heterocycles. The molecule has 2 nitrogen and oxygen atoms in total. The summed E-state index contributed by atoms with van der Waals surface area (Å²) in [5, 5.41) is 0.971. The van der Waals surface area contributed by atoms with Gasteiger partial charge >= 0.3 is 212 Å². The Hall–Kier alpha value is -1.67. The van der Waals surface area contributed by atoms with Gasteiger partial charge < -0.3 is 17.0 Å². The summed E-state index contributed by atoms with van der Waals surface area (Å²) >= 11 is -0.822. The Labute approximate surface area is 228 Å². The molecule has 5 rings (SSSR count). The molecule has 3 atom stereocenters. The number of carbonyl (C=O) groups excluding carboxylic acids is 1. The molecule has 4 heteroatoms. The van der Waals surface area contributed by atoms with Crippen molar-refractivity contribution in [3.63, 3.8) is 0 Å². The molecule has 35 heavy (non-hydrogen) atoms. The van der Waals surface area contributed by atoms with Gasteiger partial charge in [0.25, 0.3) is 0 Å². The molecule has 0 spiro atoms. The quantitative estimate of drug-likeness (QED) is 0.290. The van der Waals surface area contributed by atoms with E-state index >= 15 is 0 Å². The predicted octanol–water partition coefficient (Wildman–Crippen LogP) is 3.08. The summed E-state index contributed by atoms with van der Waals surface area (Å²) in [5.74, 6) is 0.711. The molecule has 0 amide bonds. The number of hydrogen-bond donors (Lipinski definition) is 0. The summed E-state index contributed by atoms with van der Waals surface area (Å²) in [6, 6.07) is 33.7. The van der Waals surface area contributed by atoms with E-state index in [1.807, 2.05) is 30.3 Å². The van der Waals surface area contributed by atoms with E-state index in [2.05, 4.69) is 74.8 Å². The average Bonchev–Trinajstić information content (AvgIpc) is 3.03. The average molecular weight is 594 g/mol. The van der Waals surface area contributed by atoms with Crippen LogP contribution in [0.25, 0.3) is 0 Å². The third kappa shape index (κ3) is 5.38. The maximum absolute atomic E-state index is 13.3. The number of carbonyl (C=O) groups is 1. The first kappa shape index (κ1) is 26.4. The van der Waals surface area contributed by atoms with Gasteiger partial charge in [0.05, 0.1) is 0 Å². The summed E-state index contributed by atoms with van der Waals surface area (Å²) in [6.45, 7) is 0. The van der Waals surface area contributed by atoms with Crippen LogP contribution in [-0.4, -0.2) is 51.0 Å². The molecule has 2 heterocycles. The van der Waals surface area contributed by atoms with Crippen LogP contribution >= 0.6 is 0 Å². The van der Waals surface area contributed by atoms with E-state index in [4.69, 9.17) is 0 Å². The zero-order valence-corrected chi connectivity index (χ0v) is 24.6. The number of hydrogen-bond acceptors (Lipinski definition) is 1. The molecular weight excluding hydrogens is 557 g/mol. The van der Waals surface area contributed by atoms with Gasteiger partial charge in [0.1, 0.15) is 0 Å². The van der Waals surface area contributed by atoms with Gasteiger partial charge in [0.2, 0.25) is 0 Å². The summed E-state index contributed by atoms with van der Waals surface area (Å²) < 4.78 is 1.58. The van der Waals surface area contributed by atoms with E-state index in [-0.39, 0.29) is 22.4 Å². The normalized spacial score (nSPS) is 23.2. The predicted molar refractivity (Wildman–Crippen MR) is 143 cm³/mol. The number of rotatable bonds is 8. The Morgan fingerprint density at radius 2 is 1.26 bits per heavy atom. The Balaban J connectivity index is 0.00000289. The van der Waals surface area contributed by atoms with Crippen LogP contribution in [0.3, 0.4) is 0 Å². The molecule has 0 aromatic heterocycles. The Morgan fingerprint density at radius 1 is 0.800 bits per heavy atom. The first-order valence-corrected chi connectivity index (χ1v) is 15.3. The van der Waals surface area contributed by atoms with Crippen LogP contribution in [0.15, 0.2) is 91.0 Å².